The first-order valence-corrected chi connectivity index (χ1v) is 12.4. The predicted octanol–water partition coefficient (Wildman–Crippen LogP) is 4.30. The minimum Gasteiger partial charge on any atom is -0.420 e. The molecule has 1 aliphatic rings. The van der Waals surface area contributed by atoms with Gasteiger partial charge in [0.25, 0.3) is 5.56 Å². The van der Waals surface area contributed by atoms with Gasteiger partial charge in [0.05, 0.1) is 10.9 Å². The van der Waals surface area contributed by atoms with Crippen LogP contribution < -0.4 is 10.9 Å². The Bertz CT molecular complexity index is 1330. The molecule has 0 unspecified atom stereocenters. The lowest BCUT2D eigenvalue weighted by molar-refractivity contribution is -0.121. The summed E-state index contributed by atoms with van der Waals surface area (Å²) in [5.41, 5.74) is 1.42. The van der Waals surface area contributed by atoms with Gasteiger partial charge in [0.15, 0.2) is 5.16 Å². The maximum Gasteiger partial charge on any atom is 0.259 e. The number of hydrogen-bond acceptors (Lipinski definition) is 7. The van der Waals surface area contributed by atoms with Crippen LogP contribution in [0.25, 0.3) is 22.4 Å². The standard InChI is InChI=1S/C25H25N5O3S/c31-21(14-15-34-25-27-20-9-5-4-8-19(20)22(32)28-25)26-18-12-10-17(11-13-18)24-30-29-23(33-24)16-6-2-1-3-7-16/h1-9,17-18H,10-15H2,(H,26,31)(H,27,28,32). The molecule has 5 rings (SSSR count). The minimum absolute atomic E-state index is 0.0169. The Kier molecular flexibility index (Phi) is 6.71. The van der Waals surface area contributed by atoms with Crippen molar-refractivity contribution >= 4 is 28.6 Å². The number of aromatic amines is 1. The Morgan fingerprint density at radius 3 is 2.62 bits per heavy atom. The summed E-state index contributed by atoms with van der Waals surface area (Å²) >= 11 is 1.38. The van der Waals surface area contributed by atoms with Gasteiger partial charge in [0, 0.05) is 29.7 Å². The van der Waals surface area contributed by atoms with E-state index in [4.69, 9.17) is 4.42 Å². The highest BCUT2D eigenvalue weighted by molar-refractivity contribution is 7.99. The number of H-pyrrole nitrogens is 1. The second-order valence-electron chi connectivity index (χ2n) is 8.41. The molecular formula is C25H25N5O3S. The van der Waals surface area contributed by atoms with Gasteiger partial charge < -0.3 is 14.7 Å². The summed E-state index contributed by atoms with van der Waals surface area (Å²) in [5, 5.41) is 12.7. The van der Waals surface area contributed by atoms with Crippen molar-refractivity contribution in [1.82, 2.24) is 25.5 Å². The van der Waals surface area contributed by atoms with Gasteiger partial charge in [0.1, 0.15) is 0 Å². The maximum atomic E-state index is 12.4. The number of amides is 1. The zero-order valence-corrected chi connectivity index (χ0v) is 19.4. The van der Waals surface area contributed by atoms with E-state index < -0.39 is 0 Å². The lowest BCUT2D eigenvalue weighted by atomic mass is 9.86. The zero-order chi connectivity index (χ0) is 23.3. The van der Waals surface area contributed by atoms with Crippen molar-refractivity contribution in [2.75, 3.05) is 5.75 Å². The van der Waals surface area contributed by atoms with Crippen LogP contribution in [0.2, 0.25) is 0 Å². The lowest BCUT2D eigenvalue weighted by Crippen LogP contribution is -2.37. The van der Waals surface area contributed by atoms with Crippen LogP contribution in [0.15, 0.2) is 69.0 Å². The number of hydrogen-bond donors (Lipinski definition) is 2. The van der Waals surface area contributed by atoms with Crippen molar-refractivity contribution < 1.29 is 9.21 Å². The molecule has 34 heavy (non-hydrogen) atoms. The summed E-state index contributed by atoms with van der Waals surface area (Å²) < 4.78 is 5.91. The van der Waals surface area contributed by atoms with Crippen LogP contribution in [-0.2, 0) is 4.79 Å². The van der Waals surface area contributed by atoms with Crippen molar-refractivity contribution in [3.05, 3.63) is 70.8 Å². The summed E-state index contributed by atoms with van der Waals surface area (Å²) in [5.74, 6) is 2.02. The molecule has 1 aliphatic carbocycles. The fraction of sp³-hybridized carbons (Fsp3) is 0.320. The molecule has 174 valence electrons. The number of aromatic nitrogens is 4. The fourth-order valence-corrected chi connectivity index (χ4v) is 5.06. The van der Waals surface area contributed by atoms with E-state index in [-0.39, 0.29) is 23.4 Å². The van der Waals surface area contributed by atoms with E-state index in [0.29, 0.717) is 40.0 Å². The number of para-hydroxylation sites is 1. The topological polar surface area (TPSA) is 114 Å². The third-order valence-corrected chi connectivity index (χ3v) is 6.94. The molecule has 8 nitrogen and oxygen atoms in total. The lowest BCUT2D eigenvalue weighted by Gasteiger charge is -2.27. The number of carbonyl (C=O) groups excluding carboxylic acids is 1. The van der Waals surface area contributed by atoms with Crippen LogP contribution in [0.1, 0.15) is 43.9 Å². The molecule has 0 saturated heterocycles. The van der Waals surface area contributed by atoms with Crippen molar-refractivity contribution in [1.29, 1.82) is 0 Å². The third-order valence-electron chi connectivity index (χ3n) is 6.06. The van der Waals surface area contributed by atoms with E-state index in [2.05, 4.69) is 25.5 Å². The van der Waals surface area contributed by atoms with E-state index >= 15 is 0 Å². The summed E-state index contributed by atoms with van der Waals surface area (Å²) in [6.07, 6.45) is 3.93. The molecule has 2 N–H and O–H groups in total. The highest BCUT2D eigenvalue weighted by Crippen LogP contribution is 2.33. The Morgan fingerprint density at radius 2 is 1.79 bits per heavy atom. The molecule has 0 atom stereocenters. The van der Waals surface area contributed by atoms with E-state index in [1.54, 1.807) is 6.07 Å². The van der Waals surface area contributed by atoms with Crippen LogP contribution in [0.3, 0.4) is 0 Å². The Hall–Kier alpha value is -3.46. The number of fused-ring (bicyclic) bond motifs is 1. The molecule has 2 aromatic carbocycles. The van der Waals surface area contributed by atoms with Gasteiger partial charge in [-0.2, -0.15) is 0 Å². The smallest absolute Gasteiger partial charge is 0.259 e. The number of nitrogens with one attached hydrogen (secondary N) is 2. The molecule has 2 heterocycles. The van der Waals surface area contributed by atoms with E-state index in [1.807, 2.05) is 48.5 Å². The third kappa shape index (κ3) is 5.20. The summed E-state index contributed by atoms with van der Waals surface area (Å²) in [7, 11) is 0. The van der Waals surface area contributed by atoms with Crippen molar-refractivity contribution in [3.63, 3.8) is 0 Å². The fourth-order valence-electron chi connectivity index (χ4n) is 4.26. The summed E-state index contributed by atoms with van der Waals surface area (Å²) in [6.45, 7) is 0. The molecule has 0 bridgehead atoms. The number of thioether (sulfide) groups is 1. The first-order chi connectivity index (χ1) is 16.7. The SMILES string of the molecule is O=C(CCSc1nc2ccccc2c(=O)[nH]1)NC1CCC(c2nnc(-c3ccccc3)o2)CC1. The van der Waals surface area contributed by atoms with E-state index in [0.717, 1.165) is 31.2 Å². The molecule has 4 aromatic rings. The van der Waals surface area contributed by atoms with Crippen LogP contribution >= 0.6 is 11.8 Å². The van der Waals surface area contributed by atoms with Crippen LogP contribution in [0.4, 0.5) is 0 Å². The molecule has 0 aliphatic heterocycles. The maximum absolute atomic E-state index is 12.4. The first-order valence-electron chi connectivity index (χ1n) is 11.5. The minimum atomic E-state index is -0.161. The molecule has 9 heteroatoms. The zero-order valence-electron chi connectivity index (χ0n) is 18.6. The van der Waals surface area contributed by atoms with Gasteiger partial charge in [-0.1, -0.05) is 42.1 Å². The largest absolute Gasteiger partial charge is 0.420 e. The molecule has 0 spiro atoms. The molecule has 0 radical (unpaired) electrons. The van der Waals surface area contributed by atoms with Crippen molar-refractivity contribution in [3.8, 4) is 11.5 Å². The molecule has 1 saturated carbocycles. The Labute approximate surface area is 200 Å². The monoisotopic (exact) mass is 475 g/mol. The Morgan fingerprint density at radius 1 is 1.03 bits per heavy atom. The normalized spacial score (nSPS) is 18.1. The van der Waals surface area contributed by atoms with Gasteiger partial charge in [-0.05, 0) is 49.9 Å². The summed E-state index contributed by atoms with van der Waals surface area (Å²) in [4.78, 5) is 31.8. The van der Waals surface area contributed by atoms with Crippen molar-refractivity contribution in [2.45, 2.75) is 49.2 Å². The van der Waals surface area contributed by atoms with E-state index in [1.165, 1.54) is 11.8 Å². The molecule has 1 amide bonds. The number of benzene rings is 2. The van der Waals surface area contributed by atoms with Crippen LogP contribution in [-0.4, -0.2) is 37.9 Å². The van der Waals surface area contributed by atoms with Gasteiger partial charge in [-0.3, -0.25) is 9.59 Å². The Balaban J connectivity index is 1.07. The van der Waals surface area contributed by atoms with Crippen molar-refractivity contribution in [2.24, 2.45) is 0 Å². The highest BCUT2D eigenvalue weighted by atomic mass is 32.2. The van der Waals surface area contributed by atoms with E-state index in [9.17, 15) is 9.59 Å². The number of nitrogens with zero attached hydrogens (tertiary/aromatic N) is 3. The van der Waals surface area contributed by atoms with Gasteiger partial charge in [-0.25, -0.2) is 4.98 Å². The van der Waals surface area contributed by atoms with Gasteiger partial charge in [0.2, 0.25) is 17.7 Å². The van der Waals surface area contributed by atoms with Crippen LogP contribution in [0.5, 0.6) is 0 Å². The molecule has 1 fully saturated rings. The average Bonchev–Trinajstić information content (AvgIpc) is 3.36. The molecular weight excluding hydrogens is 450 g/mol. The average molecular weight is 476 g/mol. The quantitative estimate of drug-likeness (QED) is 0.303. The predicted molar refractivity (Wildman–Crippen MR) is 131 cm³/mol. The number of carbonyl (C=O) groups is 1. The van der Waals surface area contributed by atoms with Gasteiger partial charge >= 0.3 is 0 Å². The van der Waals surface area contributed by atoms with Crippen LogP contribution in [0, 0.1) is 0 Å². The second kappa shape index (κ2) is 10.2. The summed E-state index contributed by atoms with van der Waals surface area (Å²) in [6, 6.07) is 17.1. The highest BCUT2D eigenvalue weighted by Gasteiger charge is 2.27. The molecule has 2 aromatic heterocycles. The number of rotatable bonds is 7. The first kappa shape index (κ1) is 22.3. The second-order valence-corrected chi connectivity index (χ2v) is 9.50. The van der Waals surface area contributed by atoms with Gasteiger partial charge in [-0.15, -0.1) is 10.2 Å².